The first kappa shape index (κ1) is 13.9. The third kappa shape index (κ3) is 2.87. The van der Waals surface area contributed by atoms with E-state index in [4.69, 9.17) is 23.2 Å². The number of nitrogens with zero attached hydrogens (tertiary/aromatic N) is 4. The quantitative estimate of drug-likeness (QED) is 0.764. The van der Waals surface area contributed by atoms with Gasteiger partial charge in [0.05, 0.1) is 5.69 Å². The minimum atomic E-state index is -0.459. The molecule has 0 radical (unpaired) electrons. The van der Waals surface area contributed by atoms with E-state index in [2.05, 4.69) is 30.9 Å². The fourth-order valence-electron chi connectivity index (χ4n) is 1.66. The van der Waals surface area contributed by atoms with Gasteiger partial charge in [-0.2, -0.15) is 5.21 Å². The molecule has 1 amide bonds. The highest BCUT2D eigenvalue weighted by molar-refractivity contribution is 7.19. The van der Waals surface area contributed by atoms with Crippen LogP contribution in [0.2, 0.25) is 8.80 Å². The molecule has 106 valence electrons. The third-order valence-corrected chi connectivity index (χ3v) is 3.90. The number of halogens is 2. The number of nitrogens with one attached hydrogen (secondary N) is 2. The lowest BCUT2D eigenvalue weighted by molar-refractivity contribution is 0.102. The molecule has 0 fully saturated rings. The molecule has 0 bridgehead atoms. The molecule has 10 heteroatoms. The number of anilines is 1. The number of H-pyrrole nitrogens is 1. The van der Waals surface area contributed by atoms with Gasteiger partial charge in [0.25, 0.3) is 5.91 Å². The Morgan fingerprint density at radius 3 is 2.76 bits per heavy atom. The van der Waals surface area contributed by atoms with Crippen molar-refractivity contribution in [2.45, 2.75) is 0 Å². The molecule has 0 aliphatic heterocycles. The standard InChI is InChI=1S/C11H6Cl2N6OS/c12-8-7(15-11(13)21-8)10(20)14-6-4-2-1-3-5(6)9-16-18-19-17-9/h1-4H,(H,14,20)(H,16,17,18,19). The number of amides is 1. The number of carbonyl (C=O) groups excluding carboxylic acids is 1. The van der Waals surface area contributed by atoms with E-state index in [1.165, 1.54) is 0 Å². The number of carbonyl (C=O) groups is 1. The minimum Gasteiger partial charge on any atom is -0.320 e. The summed E-state index contributed by atoms with van der Waals surface area (Å²) in [6, 6.07) is 7.05. The summed E-state index contributed by atoms with van der Waals surface area (Å²) >= 11 is 12.7. The van der Waals surface area contributed by atoms with Gasteiger partial charge >= 0.3 is 0 Å². The monoisotopic (exact) mass is 340 g/mol. The van der Waals surface area contributed by atoms with E-state index in [9.17, 15) is 4.79 Å². The molecule has 0 spiro atoms. The molecule has 0 saturated carbocycles. The Bertz CT molecular complexity index is 788. The first-order chi connectivity index (χ1) is 10.1. The van der Waals surface area contributed by atoms with Gasteiger partial charge in [-0.1, -0.05) is 46.7 Å². The van der Waals surface area contributed by atoms with Gasteiger partial charge in [-0.25, -0.2) is 4.98 Å². The summed E-state index contributed by atoms with van der Waals surface area (Å²) < 4.78 is 0.436. The van der Waals surface area contributed by atoms with E-state index in [1.807, 2.05) is 0 Å². The van der Waals surface area contributed by atoms with Gasteiger partial charge in [0.15, 0.2) is 10.2 Å². The molecule has 0 aliphatic rings. The Kier molecular flexibility index (Phi) is 3.82. The topological polar surface area (TPSA) is 96.5 Å². The van der Waals surface area contributed by atoms with Crippen LogP contribution in [0.15, 0.2) is 24.3 Å². The highest BCUT2D eigenvalue weighted by Gasteiger charge is 2.18. The highest BCUT2D eigenvalue weighted by Crippen LogP contribution is 2.29. The summed E-state index contributed by atoms with van der Waals surface area (Å²) in [4.78, 5) is 16.1. The summed E-state index contributed by atoms with van der Waals surface area (Å²) in [7, 11) is 0. The maximum absolute atomic E-state index is 12.2. The average Bonchev–Trinajstić information content (AvgIpc) is 3.09. The van der Waals surface area contributed by atoms with Crippen LogP contribution in [0, 0.1) is 0 Å². The van der Waals surface area contributed by atoms with Gasteiger partial charge < -0.3 is 5.32 Å². The van der Waals surface area contributed by atoms with Crippen LogP contribution in [0.25, 0.3) is 11.4 Å². The first-order valence-corrected chi connectivity index (χ1v) is 7.18. The van der Waals surface area contributed by atoms with Gasteiger partial charge in [-0.15, -0.1) is 10.2 Å². The van der Waals surface area contributed by atoms with E-state index in [0.29, 0.717) is 17.1 Å². The van der Waals surface area contributed by atoms with Crippen molar-refractivity contribution in [1.82, 2.24) is 25.6 Å². The van der Waals surface area contributed by atoms with Crippen LogP contribution >= 0.6 is 34.5 Å². The zero-order valence-corrected chi connectivity index (χ0v) is 12.5. The first-order valence-electron chi connectivity index (χ1n) is 5.61. The summed E-state index contributed by atoms with van der Waals surface area (Å²) in [5.41, 5.74) is 1.22. The number of tetrazole rings is 1. The third-order valence-electron chi connectivity index (χ3n) is 2.54. The van der Waals surface area contributed by atoms with Crippen molar-refractivity contribution in [3.63, 3.8) is 0 Å². The Morgan fingerprint density at radius 2 is 2.10 bits per heavy atom. The fourth-order valence-corrected chi connectivity index (χ4v) is 2.96. The smallest absolute Gasteiger partial charge is 0.276 e. The Morgan fingerprint density at radius 1 is 1.29 bits per heavy atom. The lowest BCUT2D eigenvalue weighted by Gasteiger charge is -2.07. The molecule has 21 heavy (non-hydrogen) atoms. The minimum absolute atomic E-state index is 0.0783. The SMILES string of the molecule is O=C(Nc1ccccc1-c1nn[nH]n1)c1nc(Cl)sc1Cl. The van der Waals surface area contributed by atoms with Crippen LogP contribution in [0.1, 0.15) is 10.5 Å². The van der Waals surface area contributed by atoms with Crippen LogP contribution in [-0.2, 0) is 0 Å². The van der Waals surface area contributed by atoms with Crippen molar-refractivity contribution in [1.29, 1.82) is 0 Å². The second-order valence-corrected chi connectivity index (χ2v) is 6.01. The van der Waals surface area contributed by atoms with Gasteiger partial charge in [0.1, 0.15) is 4.34 Å². The number of benzene rings is 1. The fraction of sp³-hybridized carbons (Fsp3) is 0. The molecule has 1 aromatic carbocycles. The van der Waals surface area contributed by atoms with Crippen molar-refractivity contribution in [3.8, 4) is 11.4 Å². The van der Waals surface area contributed by atoms with E-state index in [-0.39, 0.29) is 14.5 Å². The number of hydrogen-bond donors (Lipinski definition) is 2. The predicted octanol–water partition coefficient (Wildman–Crippen LogP) is 2.88. The second-order valence-electron chi connectivity index (χ2n) is 3.82. The summed E-state index contributed by atoms with van der Waals surface area (Å²) in [6.07, 6.45) is 0. The molecule has 0 aliphatic carbocycles. The largest absolute Gasteiger partial charge is 0.320 e. The zero-order valence-electron chi connectivity index (χ0n) is 10.2. The van der Waals surface area contributed by atoms with E-state index < -0.39 is 5.91 Å². The van der Waals surface area contributed by atoms with Gasteiger partial charge in [-0.3, -0.25) is 4.79 Å². The Hall–Kier alpha value is -2.03. The molecule has 7 nitrogen and oxygen atoms in total. The maximum Gasteiger partial charge on any atom is 0.276 e. The van der Waals surface area contributed by atoms with Crippen molar-refractivity contribution in [3.05, 3.63) is 38.8 Å². The van der Waals surface area contributed by atoms with Crippen LogP contribution in [0.4, 0.5) is 5.69 Å². The maximum atomic E-state index is 12.2. The van der Waals surface area contributed by atoms with Crippen LogP contribution < -0.4 is 5.32 Å². The molecule has 3 rings (SSSR count). The lowest BCUT2D eigenvalue weighted by atomic mass is 10.1. The van der Waals surface area contributed by atoms with Crippen molar-refractivity contribution in [2.24, 2.45) is 0 Å². The normalized spacial score (nSPS) is 10.6. The number of thiazole rings is 1. The summed E-state index contributed by atoms with van der Waals surface area (Å²) in [5, 5.41) is 16.3. The molecule has 3 aromatic rings. The van der Waals surface area contributed by atoms with Crippen LogP contribution in [-0.4, -0.2) is 31.5 Å². The Labute approximate surface area is 132 Å². The predicted molar refractivity (Wildman–Crippen MR) is 79.7 cm³/mol. The number of hydrogen-bond acceptors (Lipinski definition) is 6. The van der Waals surface area contributed by atoms with Crippen molar-refractivity contribution >= 4 is 46.1 Å². The number of aromatic nitrogens is 5. The molecule has 0 saturated heterocycles. The zero-order chi connectivity index (χ0) is 14.8. The van der Waals surface area contributed by atoms with E-state index in [1.54, 1.807) is 24.3 Å². The summed E-state index contributed by atoms with van der Waals surface area (Å²) in [6.45, 7) is 0. The molecular formula is C11H6Cl2N6OS. The van der Waals surface area contributed by atoms with E-state index in [0.717, 1.165) is 11.3 Å². The molecule has 2 N–H and O–H groups in total. The average molecular weight is 341 g/mol. The van der Waals surface area contributed by atoms with E-state index >= 15 is 0 Å². The molecule has 2 aromatic heterocycles. The second kappa shape index (κ2) is 5.76. The molecule has 0 unspecified atom stereocenters. The number of para-hydroxylation sites is 1. The van der Waals surface area contributed by atoms with Crippen LogP contribution in [0.5, 0.6) is 0 Å². The number of aromatic amines is 1. The van der Waals surface area contributed by atoms with Crippen molar-refractivity contribution < 1.29 is 4.79 Å². The molecule has 0 atom stereocenters. The highest BCUT2D eigenvalue weighted by atomic mass is 35.5. The number of rotatable bonds is 3. The van der Waals surface area contributed by atoms with Gasteiger partial charge in [0, 0.05) is 5.56 Å². The van der Waals surface area contributed by atoms with Crippen LogP contribution in [0.3, 0.4) is 0 Å². The molecule has 2 heterocycles. The van der Waals surface area contributed by atoms with Gasteiger partial charge in [0.2, 0.25) is 5.82 Å². The lowest BCUT2D eigenvalue weighted by Crippen LogP contribution is -2.13. The van der Waals surface area contributed by atoms with Crippen molar-refractivity contribution in [2.75, 3.05) is 5.32 Å². The van der Waals surface area contributed by atoms with Gasteiger partial charge in [-0.05, 0) is 17.3 Å². The molecular weight excluding hydrogens is 335 g/mol. The summed E-state index contributed by atoms with van der Waals surface area (Å²) in [5.74, 6) is -0.0904. The Balaban J connectivity index is 1.92.